The maximum Gasteiger partial charge on any atom is 0.244 e. The molecule has 1 saturated heterocycles. The first-order valence-electron chi connectivity index (χ1n) is 9.26. The van der Waals surface area contributed by atoms with E-state index in [1.165, 1.54) is 21.0 Å². The van der Waals surface area contributed by atoms with E-state index >= 15 is 0 Å². The van der Waals surface area contributed by atoms with Gasteiger partial charge in [0.25, 0.3) is 0 Å². The fraction of sp³-hybridized carbons (Fsp3) is 0.263. The number of hydrogen-bond acceptors (Lipinski definition) is 7. The highest BCUT2D eigenvalue weighted by atomic mass is 32.2. The number of aromatic nitrogens is 4. The van der Waals surface area contributed by atoms with E-state index < -0.39 is 10.0 Å². The molecule has 156 valence electrons. The van der Waals surface area contributed by atoms with Gasteiger partial charge >= 0.3 is 0 Å². The van der Waals surface area contributed by atoms with Crippen molar-refractivity contribution in [3.63, 3.8) is 0 Å². The molecule has 0 spiro atoms. The SMILES string of the molecule is Cc1ccc(S(=O)(=O)N2CCN(C(=O)CSc3nnnn3-c3ccccc3)C2)cc1. The minimum Gasteiger partial charge on any atom is -0.327 e. The van der Waals surface area contributed by atoms with Crippen LogP contribution in [0.4, 0.5) is 0 Å². The number of carbonyl (C=O) groups is 1. The number of nitrogens with zero attached hydrogens (tertiary/aromatic N) is 6. The van der Waals surface area contributed by atoms with Crippen LogP contribution in [0.15, 0.2) is 64.6 Å². The first kappa shape index (κ1) is 20.5. The Kier molecular flexibility index (Phi) is 5.84. The molecule has 0 N–H and O–H groups in total. The van der Waals surface area contributed by atoms with Gasteiger partial charge in [0.15, 0.2) is 0 Å². The van der Waals surface area contributed by atoms with Crippen molar-refractivity contribution >= 4 is 27.7 Å². The summed E-state index contributed by atoms with van der Waals surface area (Å²) in [6.07, 6.45) is 0. The van der Waals surface area contributed by atoms with Crippen molar-refractivity contribution in [1.29, 1.82) is 0 Å². The number of hydrogen-bond donors (Lipinski definition) is 0. The second-order valence-corrected chi connectivity index (χ2v) is 9.67. The second kappa shape index (κ2) is 8.54. The van der Waals surface area contributed by atoms with Crippen LogP contribution in [0.1, 0.15) is 5.56 Å². The van der Waals surface area contributed by atoms with Gasteiger partial charge in [-0.2, -0.15) is 8.99 Å². The summed E-state index contributed by atoms with van der Waals surface area (Å²) in [5.74, 6) is -0.0461. The molecular weight excluding hydrogens is 424 g/mol. The zero-order chi connectivity index (χ0) is 21.1. The van der Waals surface area contributed by atoms with Crippen LogP contribution in [0, 0.1) is 6.92 Å². The van der Waals surface area contributed by atoms with Crippen LogP contribution in [-0.2, 0) is 14.8 Å². The fourth-order valence-electron chi connectivity index (χ4n) is 3.04. The minimum atomic E-state index is -3.63. The zero-order valence-corrected chi connectivity index (χ0v) is 17.9. The van der Waals surface area contributed by atoms with E-state index in [1.54, 1.807) is 28.9 Å². The van der Waals surface area contributed by atoms with Crippen LogP contribution in [0.25, 0.3) is 5.69 Å². The highest BCUT2D eigenvalue weighted by Gasteiger charge is 2.33. The lowest BCUT2D eigenvalue weighted by molar-refractivity contribution is -0.127. The van der Waals surface area contributed by atoms with E-state index in [0.29, 0.717) is 11.7 Å². The average molecular weight is 445 g/mol. The molecule has 30 heavy (non-hydrogen) atoms. The van der Waals surface area contributed by atoms with Crippen molar-refractivity contribution in [3.05, 3.63) is 60.2 Å². The Hall–Kier alpha value is -2.76. The molecule has 0 atom stereocenters. The van der Waals surface area contributed by atoms with Gasteiger partial charge in [-0.15, -0.1) is 5.10 Å². The van der Waals surface area contributed by atoms with Crippen LogP contribution >= 0.6 is 11.8 Å². The van der Waals surface area contributed by atoms with E-state index in [2.05, 4.69) is 15.5 Å². The van der Waals surface area contributed by atoms with Crippen molar-refractivity contribution in [2.45, 2.75) is 17.0 Å². The third-order valence-corrected chi connectivity index (χ3v) is 7.48. The third kappa shape index (κ3) is 4.23. The molecule has 1 aromatic heterocycles. The predicted molar refractivity (Wildman–Crippen MR) is 112 cm³/mol. The molecule has 0 bridgehead atoms. The largest absolute Gasteiger partial charge is 0.327 e. The smallest absolute Gasteiger partial charge is 0.244 e. The van der Waals surface area contributed by atoms with Crippen LogP contribution in [0.5, 0.6) is 0 Å². The van der Waals surface area contributed by atoms with Crippen molar-refractivity contribution in [1.82, 2.24) is 29.4 Å². The van der Waals surface area contributed by atoms with Gasteiger partial charge in [0.2, 0.25) is 21.1 Å². The maximum atomic E-state index is 12.8. The Balaban J connectivity index is 1.38. The lowest BCUT2D eigenvalue weighted by atomic mass is 10.2. The number of amides is 1. The van der Waals surface area contributed by atoms with E-state index in [-0.39, 0.29) is 29.8 Å². The molecule has 0 saturated carbocycles. The highest BCUT2D eigenvalue weighted by Crippen LogP contribution is 2.22. The monoisotopic (exact) mass is 444 g/mol. The Labute approximate surface area is 178 Å². The van der Waals surface area contributed by atoms with Crippen LogP contribution in [-0.4, -0.2) is 69.2 Å². The molecule has 1 aliphatic heterocycles. The number of para-hydroxylation sites is 1. The highest BCUT2D eigenvalue weighted by molar-refractivity contribution is 7.99. The number of rotatable bonds is 6. The molecule has 11 heteroatoms. The van der Waals surface area contributed by atoms with Gasteiger partial charge in [0.05, 0.1) is 23.0 Å². The van der Waals surface area contributed by atoms with Crippen molar-refractivity contribution in [2.24, 2.45) is 0 Å². The van der Waals surface area contributed by atoms with Gasteiger partial charge in [0.1, 0.15) is 0 Å². The lowest BCUT2D eigenvalue weighted by Crippen LogP contribution is -2.34. The van der Waals surface area contributed by atoms with Gasteiger partial charge in [-0.05, 0) is 41.6 Å². The van der Waals surface area contributed by atoms with Gasteiger partial charge < -0.3 is 4.90 Å². The average Bonchev–Trinajstić information content (AvgIpc) is 3.43. The third-order valence-electron chi connectivity index (χ3n) is 4.73. The summed E-state index contributed by atoms with van der Waals surface area (Å²) < 4.78 is 28.5. The Bertz CT molecular complexity index is 1130. The molecule has 2 aromatic carbocycles. The van der Waals surface area contributed by atoms with E-state index in [4.69, 9.17) is 0 Å². The first-order valence-corrected chi connectivity index (χ1v) is 11.7. The number of carbonyl (C=O) groups excluding carboxylic acids is 1. The summed E-state index contributed by atoms with van der Waals surface area (Å²) in [6, 6.07) is 16.1. The zero-order valence-electron chi connectivity index (χ0n) is 16.2. The molecule has 1 amide bonds. The summed E-state index contributed by atoms with van der Waals surface area (Å²) in [5.41, 5.74) is 1.79. The van der Waals surface area contributed by atoms with Crippen molar-refractivity contribution in [2.75, 3.05) is 25.5 Å². The maximum absolute atomic E-state index is 12.8. The fourth-order valence-corrected chi connectivity index (χ4v) is 5.23. The number of tetrazole rings is 1. The number of benzene rings is 2. The lowest BCUT2D eigenvalue weighted by Gasteiger charge is -2.18. The Morgan fingerprint density at radius 2 is 1.80 bits per heavy atom. The Morgan fingerprint density at radius 1 is 1.07 bits per heavy atom. The standard InChI is InChI=1S/C19H20N6O3S2/c1-15-7-9-17(10-8-15)30(27,28)24-12-11-23(14-24)18(26)13-29-19-20-21-22-25(19)16-5-3-2-4-6-16/h2-10H,11-14H2,1H3. The predicted octanol–water partition coefficient (Wildman–Crippen LogP) is 1.55. The molecule has 9 nitrogen and oxygen atoms in total. The molecule has 4 rings (SSSR count). The van der Waals surface area contributed by atoms with Crippen LogP contribution in [0.2, 0.25) is 0 Å². The van der Waals surface area contributed by atoms with Crippen LogP contribution in [0.3, 0.4) is 0 Å². The van der Waals surface area contributed by atoms with E-state index in [9.17, 15) is 13.2 Å². The molecule has 0 aliphatic carbocycles. The number of aryl methyl sites for hydroxylation is 1. The molecule has 2 heterocycles. The second-order valence-electron chi connectivity index (χ2n) is 6.79. The van der Waals surface area contributed by atoms with Gasteiger partial charge in [-0.25, -0.2) is 8.42 Å². The number of sulfonamides is 1. The molecule has 3 aromatic rings. The van der Waals surface area contributed by atoms with Crippen molar-refractivity contribution < 1.29 is 13.2 Å². The molecule has 1 fully saturated rings. The van der Waals surface area contributed by atoms with E-state index in [0.717, 1.165) is 11.3 Å². The molecule has 0 radical (unpaired) electrons. The summed E-state index contributed by atoms with van der Waals surface area (Å²) >= 11 is 1.22. The summed E-state index contributed by atoms with van der Waals surface area (Å²) in [7, 11) is -3.63. The number of thioether (sulfide) groups is 1. The van der Waals surface area contributed by atoms with Gasteiger partial charge in [0, 0.05) is 13.1 Å². The first-order chi connectivity index (χ1) is 14.4. The quantitative estimate of drug-likeness (QED) is 0.532. The Morgan fingerprint density at radius 3 is 2.53 bits per heavy atom. The van der Waals surface area contributed by atoms with Gasteiger partial charge in [-0.1, -0.05) is 47.7 Å². The molecular formula is C19H20N6O3S2. The minimum absolute atomic E-state index is 0.0409. The van der Waals surface area contributed by atoms with Crippen LogP contribution < -0.4 is 0 Å². The van der Waals surface area contributed by atoms with E-state index in [1.807, 2.05) is 37.3 Å². The normalized spacial score (nSPS) is 14.9. The van der Waals surface area contributed by atoms with Gasteiger partial charge in [-0.3, -0.25) is 4.79 Å². The van der Waals surface area contributed by atoms with Crippen molar-refractivity contribution in [3.8, 4) is 5.69 Å². The summed E-state index contributed by atoms with van der Waals surface area (Å²) in [4.78, 5) is 14.4. The topological polar surface area (TPSA) is 101 Å². The summed E-state index contributed by atoms with van der Waals surface area (Å²) in [5, 5.41) is 12.1. The molecule has 1 aliphatic rings. The molecule has 0 unspecified atom stereocenters. The summed E-state index contributed by atoms with van der Waals surface area (Å²) in [6.45, 7) is 2.57.